The zero-order valence-corrected chi connectivity index (χ0v) is 18.7. The number of nitrogens with zero attached hydrogens (tertiary/aromatic N) is 1. The van der Waals surface area contributed by atoms with Crippen molar-refractivity contribution in [1.82, 2.24) is 4.90 Å². The summed E-state index contributed by atoms with van der Waals surface area (Å²) in [6, 6.07) is 6.06. The van der Waals surface area contributed by atoms with E-state index in [1.807, 2.05) is 20.2 Å². The predicted molar refractivity (Wildman–Crippen MR) is 108 cm³/mol. The van der Waals surface area contributed by atoms with E-state index in [0.29, 0.717) is 0 Å². The normalized spacial score (nSPS) is 25.1. The summed E-state index contributed by atoms with van der Waals surface area (Å²) in [6.45, 7) is 11.2. The lowest BCUT2D eigenvalue weighted by Crippen LogP contribution is -2.52. The molecule has 2 nitrogen and oxygen atoms in total. The van der Waals surface area contributed by atoms with Gasteiger partial charge < -0.3 is 9.33 Å². The van der Waals surface area contributed by atoms with Gasteiger partial charge in [-0.2, -0.15) is 13.2 Å². The van der Waals surface area contributed by atoms with Crippen molar-refractivity contribution in [3.8, 4) is 0 Å². The zero-order valence-electron chi connectivity index (χ0n) is 17.7. The van der Waals surface area contributed by atoms with Crippen LogP contribution in [0.4, 0.5) is 13.2 Å². The Labute approximate surface area is 163 Å². The maximum atomic E-state index is 13.1. The molecule has 3 atom stereocenters. The first kappa shape index (κ1) is 22.4. The zero-order chi connectivity index (χ0) is 20.6. The Hall–Kier alpha value is -0.853. The molecule has 0 amide bonds. The molecule has 154 valence electrons. The van der Waals surface area contributed by atoms with E-state index in [1.165, 1.54) is 12.1 Å². The van der Waals surface area contributed by atoms with Crippen LogP contribution in [0.25, 0.3) is 0 Å². The number of likely N-dealkylation sites (N-methyl/N-ethyl adjacent to an activating group) is 1. The highest BCUT2D eigenvalue weighted by Crippen LogP contribution is 2.42. The molecule has 1 aromatic rings. The van der Waals surface area contributed by atoms with Crippen LogP contribution in [0, 0.1) is 0 Å². The third-order valence-corrected chi connectivity index (χ3v) is 10.9. The largest absolute Gasteiger partial charge is 0.416 e. The first-order chi connectivity index (χ1) is 12.2. The highest BCUT2D eigenvalue weighted by Gasteiger charge is 2.43. The molecule has 1 aromatic carbocycles. The van der Waals surface area contributed by atoms with E-state index < -0.39 is 20.1 Å². The average molecular weight is 402 g/mol. The van der Waals surface area contributed by atoms with Crippen LogP contribution in [0.2, 0.25) is 18.1 Å². The fourth-order valence-electron chi connectivity index (χ4n) is 3.63. The van der Waals surface area contributed by atoms with Crippen LogP contribution in [0.1, 0.15) is 57.1 Å². The molecule has 2 rings (SSSR count). The van der Waals surface area contributed by atoms with Crippen LogP contribution in [0.3, 0.4) is 0 Å². The van der Waals surface area contributed by atoms with Gasteiger partial charge in [-0.25, -0.2) is 0 Å². The average Bonchev–Trinajstić information content (AvgIpc) is 2.53. The Morgan fingerprint density at radius 3 is 2.22 bits per heavy atom. The minimum absolute atomic E-state index is 0.138. The molecule has 0 aliphatic heterocycles. The van der Waals surface area contributed by atoms with Crippen molar-refractivity contribution < 1.29 is 17.6 Å². The lowest BCUT2D eigenvalue weighted by Gasteiger charge is -2.46. The fraction of sp³-hybridized carbons (Fsp3) is 0.714. The van der Waals surface area contributed by atoms with Crippen LogP contribution < -0.4 is 0 Å². The SMILES string of the molecule is CN(C)[C@H]1C[C@@H](c2cccc(C(F)(F)F)c2)CC[C@@H]1O[Si](C)(C)C(C)(C)C. The maximum absolute atomic E-state index is 13.1. The standard InChI is InChI=1S/C21H34F3NOSi/c1-20(2,3)27(6,7)26-19-12-11-16(14-18(19)25(4)5)15-9-8-10-17(13-15)21(22,23)24/h8-10,13,16,18-19H,11-12,14H2,1-7H3/t16-,18-,19-/m0/s1. The Morgan fingerprint density at radius 2 is 1.70 bits per heavy atom. The van der Waals surface area contributed by atoms with E-state index in [2.05, 4.69) is 38.8 Å². The van der Waals surface area contributed by atoms with Crippen molar-refractivity contribution in [3.63, 3.8) is 0 Å². The van der Waals surface area contributed by atoms with Crippen molar-refractivity contribution in [3.05, 3.63) is 35.4 Å². The molecule has 0 N–H and O–H groups in total. The van der Waals surface area contributed by atoms with E-state index in [0.717, 1.165) is 30.9 Å². The summed E-state index contributed by atoms with van der Waals surface area (Å²) in [6.07, 6.45) is -1.57. The lowest BCUT2D eigenvalue weighted by atomic mass is 9.79. The maximum Gasteiger partial charge on any atom is 0.416 e. The summed E-state index contributed by atoms with van der Waals surface area (Å²) in [7, 11) is 2.20. The topological polar surface area (TPSA) is 12.5 Å². The van der Waals surface area contributed by atoms with Crippen LogP contribution in [0.15, 0.2) is 24.3 Å². The number of benzene rings is 1. The number of hydrogen-bond donors (Lipinski definition) is 0. The third kappa shape index (κ3) is 5.36. The van der Waals surface area contributed by atoms with E-state index in [1.54, 1.807) is 0 Å². The van der Waals surface area contributed by atoms with Gasteiger partial charge in [-0.3, -0.25) is 0 Å². The summed E-state index contributed by atoms with van der Waals surface area (Å²) < 4.78 is 45.9. The second-order valence-electron chi connectivity index (χ2n) is 9.58. The first-order valence-corrected chi connectivity index (χ1v) is 12.6. The molecule has 1 saturated carbocycles. The number of hydrogen-bond acceptors (Lipinski definition) is 2. The van der Waals surface area contributed by atoms with Crippen LogP contribution in [-0.2, 0) is 10.6 Å². The van der Waals surface area contributed by atoms with Crippen molar-refractivity contribution in [1.29, 1.82) is 0 Å². The van der Waals surface area contributed by atoms with Crippen LogP contribution >= 0.6 is 0 Å². The van der Waals surface area contributed by atoms with Gasteiger partial charge in [0.25, 0.3) is 0 Å². The summed E-state index contributed by atoms with van der Waals surface area (Å²) >= 11 is 0. The molecule has 0 saturated heterocycles. The van der Waals surface area contributed by atoms with Gasteiger partial charge in [0.15, 0.2) is 8.32 Å². The quantitative estimate of drug-likeness (QED) is 0.550. The van der Waals surface area contributed by atoms with Gasteiger partial charge in [0.1, 0.15) is 0 Å². The highest BCUT2D eigenvalue weighted by molar-refractivity contribution is 6.74. The van der Waals surface area contributed by atoms with E-state index in [-0.39, 0.29) is 23.1 Å². The molecule has 0 spiro atoms. The molecule has 0 bridgehead atoms. The predicted octanol–water partition coefficient (Wildman–Crippen LogP) is 6.29. The summed E-state index contributed by atoms with van der Waals surface area (Å²) in [5, 5.41) is 0.141. The Bertz CT molecular complexity index is 637. The molecule has 27 heavy (non-hydrogen) atoms. The molecule has 0 radical (unpaired) electrons. The monoisotopic (exact) mass is 401 g/mol. The van der Waals surface area contributed by atoms with Gasteiger partial charge in [0, 0.05) is 6.04 Å². The van der Waals surface area contributed by atoms with E-state index >= 15 is 0 Å². The minimum atomic E-state index is -4.29. The molecular formula is C21H34F3NOSi. The molecule has 1 fully saturated rings. The summed E-state index contributed by atoms with van der Waals surface area (Å²) in [4.78, 5) is 2.18. The van der Waals surface area contributed by atoms with Gasteiger partial charge >= 0.3 is 6.18 Å². The minimum Gasteiger partial charge on any atom is -0.412 e. The molecule has 6 heteroatoms. The molecule has 0 unspecified atom stereocenters. The molecule has 1 aliphatic rings. The fourth-order valence-corrected chi connectivity index (χ4v) is 5.01. The summed E-state index contributed by atoms with van der Waals surface area (Å²) in [5.74, 6) is 0.138. The van der Waals surface area contributed by atoms with Gasteiger partial charge in [0.2, 0.25) is 0 Å². The Balaban J connectivity index is 2.19. The van der Waals surface area contributed by atoms with Gasteiger partial charge in [-0.05, 0) is 69.0 Å². The number of halogens is 3. The van der Waals surface area contributed by atoms with Crippen molar-refractivity contribution in [2.45, 2.75) is 82.4 Å². The lowest BCUT2D eigenvalue weighted by molar-refractivity contribution is -0.137. The third-order valence-electron chi connectivity index (χ3n) is 6.36. The first-order valence-electron chi connectivity index (χ1n) is 9.74. The van der Waals surface area contributed by atoms with E-state index in [4.69, 9.17) is 4.43 Å². The Kier molecular flexibility index (Phi) is 6.54. The van der Waals surface area contributed by atoms with Crippen molar-refractivity contribution in [2.24, 2.45) is 0 Å². The molecule has 0 heterocycles. The molecule has 0 aromatic heterocycles. The highest BCUT2D eigenvalue weighted by atomic mass is 28.4. The molecule has 1 aliphatic carbocycles. The van der Waals surface area contributed by atoms with Crippen molar-refractivity contribution in [2.75, 3.05) is 14.1 Å². The second kappa shape index (κ2) is 7.88. The van der Waals surface area contributed by atoms with Gasteiger partial charge in [-0.1, -0.05) is 39.0 Å². The van der Waals surface area contributed by atoms with Crippen molar-refractivity contribution >= 4 is 8.32 Å². The van der Waals surface area contributed by atoms with Gasteiger partial charge in [0.05, 0.1) is 11.7 Å². The van der Waals surface area contributed by atoms with Gasteiger partial charge in [-0.15, -0.1) is 0 Å². The second-order valence-corrected chi connectivity index (χ2v) is 14.3. The van der Waals surface area contributed by atoms with Crippen LogP contribution in [0.5, 0.6) is 0 Å². The van der Waals surface area contributed by atoms with E-state index in [9.17, 15) is 13.2 Å². The number of rotatable bonds is 4. The molecular weight excluding hydrogens is 367 g/mol. The summed E-state index contributed by atoms with van der Waals surface area (Å²) in [5.41, 5.74) is 0.239. The Morgan fingerprint density at radius 1 is 1.07 bits per heavy atom. The number of alkyl halides is 3. The smallest absolute Gasteiger partial charge is 0.412 e. The van der Waals surface area contributed by atoms with Crippen LogP contribution in [-0.4, -0.2) is 39.5 Å².